The standard InChI is InChI=1S/C16H23NO4/c1-4-10-17-16(19)13(3)21-15(18)9-11-20-14-7-5-12(2)6-8-14/h5-8,13H,4,9-11H2,1-3H3,(H,17,19). The van der Waals surface area contributed by atoms with Gasteiger partial charge in [0.15, 0.2) is 6.10 Å². The maximum absolute atomic E-state index is 11.6. The van der Waals surface area contributed by atoms with Gasteiger partial charge >= 0.3 is 5.97 Å². The van der Waals surface area contributed by atoms with Gasteiger partial charge in [-0.25, -0.2) is 0 Å². The van der Waals surface area contributed by atoms with E-state index in [4.69, 9.17) is 9.47 Å². The van der Waals surface area contributed by atoms with Crippen LogP contribution in [0.25, 0.3) is 0 Å². The van der Waals surface area contributed by atoms with Gasteiger partial charge in [0, 0.05) is 6.54 Å². The summed E-state index contributed by atoms with van der Waals surface area (Å²) in [5, 5.41) is 2.68. The molecule has 0 radical (unpaired) electrons. The summed E-state index contributed by atoms with van der Waals surface area (Å²) in [6.45, 7) is 6.32. The molecule has 116 valence electrons. The topological polar surface area (TPSA) is 64.6 Å². The number of aryl methyl sites for hydroxylation is 1. The normalized spacial score (nSPS) is 11.6. The molecule has 1 unspecified atom stereocenters. The van der Waals surface area contributed by atoms with Crippen LogP contribution < -0.4 is 10.1 Å². The van der Waals surface area contributed by atoms with Crippen LogP contribution in [0.5, 0.6) is 5.75 Å². The molecule has 1 N–H and O–H groups in total. The summed E-state index contributed by atoms with van der Waals surface area (Å²) in [7, 11) is 0. The zero-order valence-electron chi connectivity index (χ0n) is 12.8. The van der Waals surface area contributed by atoms with Crippen LogP contribution in [0.4, 0.5) is 0 Å². The fourth-order valence-electron chi connectivity index (χ4n) is 1.59. The number of esters is 1. The van der Waals surface area contributed by atoms with Gasteiger partial charge in [0.1, 0.15) is 5.75 Å². The van der Waals surface area contributed by atoms with E-state index in [1.165, 1.54) is 0 Å². The van der Waals surface area contributed by atoms with Crippen molar-refractivity contribution < 1.29 is 19.1 Å². The molecule has 1 atom stereocenters. The summed E-state index contributed by atoms with van der Waals surface area (Å²) < 4.78 is 10.5. The van der Waals surface area contributed by atoms with E-state index in [0.29, 0.717) is 12.3 Å². The van der Waals surface area contributed by atoms with Crippen LogP contribution in [0.1, 0.15) is 32.3 Å². The quantitative estimate of drug-likeness (QED) is 0.746. The fourth-order valence-corrected chi connectivity index (χ4v) is 1.59. The summed E-state index contributed by atoms with van der Waals surface area (Å²) >= 11 is 0. The van der Waals surface area contributed by atoms with Crippen LogP contribution in [-0.4, -0.2) is 31.1 Å². The van der Waals surface area contributed by atoms with Crippen molar-refractivity contribution >= 4 is 11.9 Å². The molecule has 1 amide bonds. The number of amides is 1. The Hall–Kier alpha value is -2.04. The molecular formula is C16H23NO4. The lowest BCUT2D eigenvalue weighted by molar-refractivity contribution is -0.155. The maximum atomic E-state index is 11.6. The van der Waals surface area contributed by atoms with Gasteiger partial charge < -0.3 is 14.8 Å². The Morgan fingerprint density at radius 2 is 1.90 bits per heavy atom. The van der Waals surface area contributed by atoms with Crippen molar-refractivity contribution in [3.8, 4) is 5.75 Å². The Bertz CT molecular complexity index is 456. The predicted octanol–water partition coefficient (Wildman–Crippen LogP) is 2.22. The number of carbonyl (C=O) groups excluding carboxylic acids is 2. The van der Waals surface area contributed by atoms with Crippen molar-refractivity contribution in [1.29, 1.82) is 0 Å². The minimum Gasteiger partial charge on any atom is -0.493 e. The van der Waals surface area contributed by atoms with Gasteiger partial charge in [-0.05, 0) is 32.4 Å². The van der Waals surface area contributed by atoms with Crippen LogP contribution in [0, 0.1) is 6.92 Å². The maximum Gasteiger partial charge on any atom is 0.310 e. The minimum absolute atomic E-state index is 0.110. The first-order chi connectivity index (χ1) is 10.0. The summed E-state index contributed by atoms with van der Waals surface area (Å²) in [6.07, 6.45) is 0.180. The molecule has 0 spiro atoms. The third kappa shape index (κ3) is 6.79. The minimum atomic E-state index is -0.775. The average Bonchev–Trinajstić information content (AvgIpc) is 2.46. The number of ether oxygens (including phenoxy) is 2. The van der Waals surface area contributed by atoms with E-state index < -0.39 is 12.1 Å². The van der Waals surface area contributed by atoms with Crippen LogP contribution in [0.15, 0.2) is 24.3 Å². The molecule has 0 saturated heterocycles. The summed E-state index contributed by atoms with van der Waals surface area (Å²) in [5.74, 6) is -0.00643. The second-order valence-electron chi connectivity index (χ2n) is 4.83. The Kier molecular flexibility index (Phi) is 7.29. The first kappa shape index (κ1) is 17.0. The number of carbonyl (C=O) groups is 2. The zero-order chi connectivity index (χ0) is 15.7. The molecule has 1 aromatic carbocycles. The second kappa shape index (κ2) is 9.00. The van der Waals surface area contributed by atoms with Gasteiger partial charge in [-0.15, -0.1) is 0 Å². The molecule has 0 aliphatic rings. The van der Waals surface area contributed by atoms with Crippen molar-refractivity contribution in [2.24, 2.45) is 0 Å². The van der Waals surface area contributed by atoms with E-state index in [0.717, 1.165) is 12.0 Å². The van der Waals surface area contributed by atoms with Gasteiger partial charge in [-0.3, -0.25) is 9.59 Å². The Labute approximate surface area is 125 Å². The highest BCUT2D eigenvalue weighted by Gasteiger charge is 2.16. The number of hydrogen-bond acceptors (Lipinski definition) is 4. The molecule has 0 saturated carbocycles. The third-order valence-corrected chi connectivity index (χ3v) is 2.82. The molecule has 5 nitrogen and oxygen atoms in total. The second-order valence-corrected chi connectivity index (χ2v) is 4.83. The lowest BCUT2D eigenvalue weighted by Gasteiger charge is -2.13. The first-order valence-corrected chi connectivity index (χ1v) is 7.19. The van der Waals surface area contributed by atoms with Crippen LogP contribution >= 0.6 is 0 Å². The Morgan fingerprint density at radius 1 is 1.24 bits per heavy atom. The number of nitrogens with one attached hydrogen (secondary N) is 1. The summed E-state index contributed by atoms with van der Waals surface area (Å²) in [6, 6.07) is 7.57. The Morgan fingerprint density at radius 3 is 2.52 bits per heavy atom. The van der Waals surface area contributed by atoms with Gasteiger partial charge in [-0.2, -0.15) is 0 Å². The van der Waals surface area contributed by atoms with Gasteiger partial charge in [0.25, 0.3) is 5.91 Å². The highest BCUT2D eigenvalue weighted by atomic mass is 16.5. The lowest BCUT2D eigenvalue weighted by atomic mass is 10.2. The lowest BCUT2D eigenvalue weighted by Crippen LogP contribution is -2.36. The largest absolute Gasteiger partial charge is 0.493 e. The summed E-state index contributed by atoms with van der Waals surface area (Å²) in [4.78, 5) is 23.1. The smallest absolute Gasteiger partial charge is 0.310 e. The van der Waals surface area contributed by atoms with Gasteiger partial charge in [0.2, 0.25) is 0 Å². The molecular weight excluding hydrogens is 270 g/mol. The highest BCUT2D eigenvalue weighted by Crippen LogP contribution is 2.11. The molecule has 0 fully saturated rings. The Balaban J connectivity index is 2.24. The number of benzene rings is 1. The van der Waals surface area contributed by atoms with Crippen molar-refractivity contribution in [1.82, 2.24) is 5.32 Å². The molecule has 1 rings (SSSR count). The van der Waals surface area contributed by atoms with Crippen LogP contribution in [-0.2, 0) is 14.3 Å². The highest BCUT2D eigenvalue weighted by molar-refractivity contribution is 5.83. The predicted molar refractivity (Wildman–Crippen MR) is 80.1 cm³/mol. The zero-order valence-corrected chi connectivity index (χ0v) is 12.8. The van der Waals surface area contributed by atoms with E-state index in [2.05, 4.69) is 5.32 Å². The molecule has 21 heavy (non-hydrogen) atoms. The van der Waals surface area contributed by atoms with Crippen LogP contribution in [0.3, 0.4) is 0 Å². The molecule has 0 aromatic heterocycles. The molecule has 1 aromatic rings. The van der Waals surface area contributed by atoms with E-state index in [-0.39, 0.29) is 18.9 Å². The molecule has 5 heteroatoms. The SMILES string of the molecule is CCCNC(=O)C(C)OC(=O)CCOc1ccc(C)cc1. The molecule has 0 bridgehead atoms. The van der Waals surface area contributed by atoms with Crippen LogP contribution in [0.2, 0.25) is 0 Å². The molecule has 0 aliphatic heterocycles. The number of rotatable bonds is 8. The van der Waals surface area contributed by atoms with E-state index in [1.807, 2.05) is 38.1 Å². The van der Waals surface area contributed by atoms with Crippen molar-refractivity contribution in [3.63, 3.8) is 0 Å². The van der Waals surface area contributed by atoms with E-state index in [1.54, 1.807) is 6.92 Å². The van der Waals surface area contributed by atoms with Crippen molar-refractivity contribution in [2.45, 2.75) is 39.7 Å². The van der Waals surface area contributed by atoms with E-state index >= 15 is 0 Å². The molecule has 0 heterocycles. The van der Waals surface area contributed by atoms with Crippen molar-refractivity contribution in [2.75, 3.05) is 13.2 Å². The fraction of sp³-hybridized carbons (Fsp3) is 0.500. The van der Waals surface area contributed by atoms with Gasteiger partial charge in [0.05, 0.1) is 13.0 Å². The van der Waals surface area contributed by atoms with E-state index in [9.17, 15) is 9.59 Å². The summed E-state index contributed by atoms with van der Waals surface area (Å²) in [5.41, 5.74) is 1.15. The van der Waals surface area contributed by atoms with Crippen molar-refractivity contribution in [3.05, 3.63) is 29.8 Å². The number of hydrogen-bond donors (Lipinski definition) is 1. The molecule has 0 aliphatic carbocycles. The monoisotopic (exact) mass is 293 g/mol. The average molecular weight is 293 g/mol. The first-order valence-electron chi connectivity index (χ1n) is 7.19. The third-order valence-electron chi connectivity index (χ3n) is 2.82. The van der Waals surface area contributed by atoms with Gasteiger partial charge in [-0.1, -0.05) is 24.6 Å².